The molecule has 6 heterocycles. The van der Waals surface area contributed by atoms with Crippen LogP contribution in [-0.2, 0) is 7.05 Å². The van der Waals surface area contributed by atoms with Crippen LogP contribution >= 0.6 is 11.3 Å². The van der Waals surface area contributed by atoms with Gasteiger partial charge in [-0.05, 0) is 37.3 Å². The van der Waals surface area contributed by atoms with Crippen LogP contribution in [0.15, 0.2) is 48.9 Å². The number of H-pyrrole nitrogens is 2. The molecule has 0 aliphatic heterocycles. The molecular formula is C21H16N8S. The molecule has 2 N–H and O–H groups in total. The number of aromatic nitrogens is 8. The van der Waals surface area contributed by atoms with Gasteiger partial charge in [-0.2, -0.15) is 10.2 Å². The summed E-state index contributed by atoms with van der Waals surface area (Å²) in [6.45, 7) is 2.10. The number of fused-ring (bicyclic) bond motifs is 2. The Morgan fingerprint density at radius 3 is 2.80 bits per heavy atom. The fourth-order valence-corrected chi connectivity index (χ4v) is 4.49. The summed E-state index contributed by atoms with van der Waals surface area (Å²) in [6.07, 6.45) is 5.53. The molecule has 0 atom stereocenters. The Morgan fingerprint density at radius 2 is 2.00 bits per heavy atom. The van der Waals surface area contributed by atoms with Crippen molar-refractivity contribution in [3.63, 3.8) is 0 Å². The molecule has 6 aromatic rings. The molecule has 30 heavy (non-hydrogen) atoms. The van der Waals surface area contributed by atoms with Gasteiger partial charge in [0.15, 0.2) is 17.2 Å². The lowest BCUT2D eigenvalue weighted by molar-refractivity contribution is 0.768. The lowest BCUT2D eigenvalue weighted by Crippen LogP contribution is -1.87. The van der Waals surface area contributed by atoms with Crippen LogP contribution in [0.5, 0.6) is 0 Å². The fraction of sp³-hybridized carbons (Fsp3) is 0.0952. The van der Waals surface area contributed by atoms with Gasteiger partial charge in [-0.25, -0.2) is 15.0 Å². The third-order valence-electron chi connectivity index (χ3n) is 5.03. The number of nitrogens with zero attached hydrogens (tertiary/aromatic N) is 6. The van der Waals surface area contributed by atoms with Crippen molar-refractivity contribution >= 4 is 33.5 Å². The second-order valence-electron chi connectivity index (χ2n) is 7.12. The number of pyridine rings is 2. The average molecular weight is 412 g/mol. The van der Waals surface area contributed by atoms with Crippen LogP contribution < -0.4 is 0 Å². The summed E-state index contributed by atoms with van der Waals surface area (Å²) < 4.78 is 1.76. The van der Waals surface area contributed by atoms with Crippen LogP contribution in [0, 0.1) is 6.92 Å². The number of rotatable bonds is 3. The molecule has 6 rings (SSSR count). The standard InChI is InChI=1S/C21H16N8S/c1-11-3-6-16(30-11)13-7-8-22-20-17(13)25-21(26-20)19-18-15(27-28-19)5-4-14(24-18)12-9-23-29(2)10-12/h3-10H,1-2H3,(H,27,28)(H,22,25,26). The smallest absolute Gasteiger partial charge is 0.178 e. The minimum absolute atomic E-state index is 0.639. The Kier molecular flexibility index (Phi) is 3.59. The molecule has 0 saturated heterocycles. The molecule has 0 aromatic carbocycles. The van der Waals surface area contributed by atoms with E-state index >= 15 is 0 Å². The quantitative estimate of drug-likeness (QED) is 0.450. The van der Waals surface area contributed by atoms with Crippen LogP contribution in [0.3, 0.4) is 0 Å². The van der Waals surface area contributed by atoms with Crippen molar-refractivity contribution in [2.75, 3.05) is 0 Å². The average Bonchev–Trinajstić information content (AvgIpc) is 3.52. The second-order valence-corrected chi connectivity index (χ2v) is 8.41. The molecule has 0 unspecified atom stereocenters. The molecule has 0 aliphatic rings. The van der Waals surface area contributed by atoms with Gasteiger partial charge in [-0.15, -0.1) is 11.3 Å². The van der Waals surface area contributed by atoms with E-state index in [9.17, 15) is 0 Å². The van der Waals surface area contributed by atoms with Gasteiger partial charge in [-0.3, -0.25) is 9.78 Å². The van der Waals surface area contributed by atoms with Gasteiger partial charge in [0.1, 0.15) is 5.52 Å². The van der Waals surface area contributed by atoms with E-state index in [1.807, 2.05) is 31.4 Å². The largest absolute Gasteiger partial charge is 0.335 e. The number of hydrogen-bond donors (Lipinski definition) is 2. The Hall–Kier alpha value is -3.85. The van der Waals surface area contributed by atoms with Crippen molar-refractivity contribution in [1.29, 1.82) is 0 Å². The molecule has 0 aliphatic carbocycles. The summed E-state index contributed by atoms with van der Waals surface area (Å²) in [5.41, 5.74) is 6.70. The first-order valence-electron chi connectivity index (χ1n) is 9.42. The third kappa shape index (κ3) is 2.63. The van der Waals surface area contributed by atoms with Crippen LogP contribution in [0.1, 0.15) is 4.88 Å². The first-order chi connectivity index (χ1) is 14.7. The first kappa shape index (κ1) is 17.0. The maximum absolute atomic E-state index is 4.82. The fourth-order valence-electron chi connectivity index (χ4n) is 3.59. The summed E-state index contributed by atoms with van der Waals surface area (Å²) in [4.78, 5) is 19.8. The molecule has 8 nitrogen and oxygen atoms in total. The first-order valence-corrected chi connectivity index (χ1v) is 10.2. The maximum atomic E-state index is 4.82. The van der Waals surface area contributed by atoms with E-state index in [1.165, 1.54) is 9.75 Å². The predicted molar refractivity (Wildman–Crippen MR) is 117 cm³/mol. The topological polar surface area (TPSA) is 101 Å². The summed E-state index contributed by atoms with van der Waals surface area (Å²) in [5.74, 6) is 0.639. The highest BCUT2D eigenvalue weighted by molar-refractivity contribution is 7.15. The number of nitrogens with one attached hydrogen (secondary N) is 2. The van der Waals surface area contributed by atoms with Gasteiger partial charge in [0.2, 0.25) is 0 Å². The monoisotopic (exact) mass is 412 g/mol. The summed E-state index contributed by atoms with van der Waals surface area (Å²) in [7, 11) is 1.89. The number of thiophene rings is 1. The Balaban J connectivity index is 1.52. The van der Waals surface area contributed by atoms with Crippen molar-refractivity contribution in [3.8, 4) is 33.2 Å². The van der Waals surface area contributed by atoms with Gasteiger partial charge in [0.05, 0.1) is 22.9 Å². The van der Waals surface area contributed by atoms with Crippen LogP contribution in [0.2, 0.25) is 0 Å². The number of hydrogen-bond acceptors (Lipinski definition) is 6. The molecule has 9 heteroatoms. The molecule has 6 aromatic heterocycles. The minimum Gasteiger partial charge on any atom is -0.335 e. The zero-order valence-corrected chi connectivity index (χ0v) is 17.0. The van der Waals surface area contributed by atoms with E-state index in [-0.39, 0.29) is 0 Å². The van der Waals surface area contributed by atoms with E-state index in [0.717, 1.165) is 33.4 Å². The predicted octanol–water partition coefficient (Wildman–Crippen LogP) is 4.33. The molecule has 0 spiro atoms. The minimum atomic E-state index is 0.639. The summed E-state index contributed by atoms with van der Waals surface area (Å²) >= 11 is 1.75. The molecule has 146 valence electrons. The van der Waals surface area contributed by atoms with Gasteiger partial charge in [-0.1, -0.05) is 0 Å². The highest BCUT2D eigenvalue weighted by Crippen LogP contribution is 2.34. The Labute approximate surface area is 174 Å². The normalized spacial score (nSPS) is 11.7. The van der Waals surface area contributed by atoms with Crippen molar-refractivity contribution < 1.29 is 0 Å². The van der Waals surface area contributed by atoms with Crippen LogP contribution in [-0.4, -0.2) is 39.9 Å². The summed E-state index contributed by atoms with van der Waals surface area (Å²) in [6, 6.07) is 10.2. The van der Waals surface area contributed by atoms with Crippen molar-refractivity contribution in [3.05, 3.63) is 53.8 Å². The van der Waals surface area contributed by atoms with E-state index in [2.05, 4.69) is 44.3 Å². The number of aromatic amines is 2. The van der Waals surface area contributed by atoms with Crippen LogP contribution in [0.25, 0.3) is 55.4 Å². The second kappa shape index (κ2) is 6.33. The van der Waals surface area contributed by atoms with Gasteiger partial charge >= 0.3 is 0 Å². The number of aryl methyl sites for hydroxylation is 2. The van der Waals surface area contributed by atoms with E-state index in [1.54, 1.807) is 28.4 Å². The third-order valence-corrected chi connectivity index (χ3v) is 6.06. The maximum Gasteiger partial charge on any atom is 0.178 e. The van der Waals surface area contributed by atoms with Gasteiger partial charge in [0.25, 0.3) is 0 Å². The van der Waals surface area contributed by atoms with Gasteiger partial charge in [0, 0.05) is 40.3 Å². The highest BCUT2D eigenvalue weighted by Gasteiger charge is 2.17. The Morgan fingerprint density at radius 1 is 1.07 bits per heavy atom. The highest BCUT2D eigenvalue weighted by atomic mass is 32.1. The molecule has 0 bridgehead atoms. The number of imidazole rings is 1. The molecule has 0 radical (unpaired) electrons. The summed E-state index contributed by atoms with van der Waals surface area (Å²) in [5, 5.41) is 11.8. The van der Waals surface area contributed by atoms with Crippen molar-refractivity contribution in [1.82, 2.24) is 39.9 Å². The van der Waals surface area contributed by atoms with E-state index < -0.39 is 0 Å². The lowest BCUT2D eigenvalue weighted by atomic mass is 10.2. The molecule has 0 saturated carbocycles. The van der Waals surface area contributed by atoms with E-state index in [0.29, 0.717) is 17.2 Å². The molecule has 0 amide bonds. The SMILES string of the molecule is Cc1ccc(-c2ccnc3nc(-c4n[nH]c5ccc(-c6cnn(C)c6)nc45)[nH]c23)s1. The van der Waals surface area contributed by atoms with Crippen LogP contribution in [0.4, 0.5) is 0 Å². The van der Waals surface area contributed by atoms with Gasteiger partial charge < -0.3 is 4.98 Å². The Bertz CT molecular complexity index is 1530. The van der Waals surface area contributed by atoms with E-state index in [4.69, 9.17) is 9.97 Å². The zero-order valence-electron chi connectivity index (χ0n) is 16.2. The molecular weight excluding hydrogens is 396 g/mol. The molecule has 0 fully saturated rings. The zero-order chi connectivity index (χ0) is 20.2. The van der Waals surface area contributed by atoms with Crippen molar-refractivity contribution in [2.45, 2.75) is 6.92 Å². The lowest BCUT2D eigenvalue weighted by Gasteiger charge is -1.98. The van der Waals surface area contributed by atoms with Crippen molar-refractivity contribution in [2.24, 2.45) is 7.05 Å².